The van der Waals surface area contributed by atoms with E-state index < -0.39 is 11.6 Å². The average molecular weight is 370 g/mol. The number of benzene rings is 1. The van der Waals surface area contributed by atoms with Crippen molar-refractivity contribution in [1.82, 2.24) is 19.9 Å². The maximum absolute atomic E-state index is 14.1. The van der Waals surface area contributed by atoms with Gasteiger partial charge >= 0.3 is 0 Å². The Morgan fingerprint density at radius 1 is 1.11 bits per heavy atom. The van der Waals surface area contributed by atoms with Crippen LogP contribution in [0.2, 0.25) is 0 Å². The fraction of sp³-hybridized carbons (Fsp3) is 0.0625. The number of anilines is 4. The second kappa shape index (κ2) is 6.78. The van der Waals surface area contributed by atoms with Gasteiger partial charge in [-0.25, -0.2) is 13.8 Å². The molecule has 0 atom stereocenters. The number of oxime groups is 1. The van der Waals surface area contributed by atoms with Crippen molar-refractivity contribution in [1.29, 1.82) is 0 Å². The molecule has 136 valence electrons. The number of nitrogen functional groups attached to an aromatic ring is 1. The van der Waals surface area contributed by atoms with E-state index in [9.17, 15) is 8.78 Å². The summed E-state index contributed by atoms with van der Waals surface area (Å²) in [5.41, 5.74) is 6.16. The first-order chi connectivity index (χ1) is 13.1. The summed E-state index contributed by atoms with van der Waals surface area (Å²) >= 11 is 0. The van der Waals surface area contributed by atoms with E-state index in [1.54, 1.807) is 6.07 Å². The van der Waals surface area contributed by atoms with Gasteiger partial charge < -0.3 is 15.9 Å². The Labute approximate surface area is 151 Å². The number of rotatable bonds is 4. The highest BCUT2D eigenvalue weighted by Crippen LogP contribution is 2.22. The zero-order valence-corrected chi connectivity index (χ0v) is 13.7. The summed E-state index contributed by atoms with van der Waals surface area (Å²) in [6.07, 6.45) is 1.44. The second-order valence-electron chi connectivity index (χ2n) is 5.39. The van der Waals surface area contributed by atoms with Crippen LogP contribution in [-0.4, -0.2) is 32.5 Å². The maximum atomic E-state index is 14.1. The van der Waals surface area contributed by atoms with E-state index in [1.807, 2.05) is 0 Å². The predicted molar refractivity (Wildman–Crippen MR) is 93.1 cm³/mol. The Morgan fingerprint density at radius 2 is 2.00 bits per heavy atom. The summed E-state index contributed by atoms with van der Waals surface area (Å²) in [7, 11) is 0. The first kappa shape index (κ1) is 16.6. The molecule has 0 saturated carbocycles. The standard InChI is InChI=1S/C16H12F2N8O/c17-9-3-1-4-10(7-9)21-16-23-12(22-15(19)24-16)14-25-27-8-26(14)13-11(18)5-2-6-20-13/h1-7H,8H2,(H3,19,21,22,23,24). The highest BCUT2D eigenvalue weighted by Gasteiger charge is 2.28. The average Bonchev–Trinajstić information content (AvgIpc) is 3.11. The minimum atomic E-state index is -0.559. The van der Waals surface area contributed by atoms with Crippen LogP contribution in [0.1, 0.15) is 5.82 Å². The topological polar surface area (TPSA) is 114 Å². The quantitative estimate of drug-likeness (QED) is 0.717. The molecule has 0 amide bonds. The number of aromatic nitrogens is 4. The number of amidine groups is 1. The minimum Gasteiger partial charge on any atom is -0.371 e. The molecule has 3 aromatic rings. The molecule has 3 heterocycles. The number of nitrogens with zero attached hydrogens (tertiary/aromatic N) is 6. The summed E-state index contributed by atoms with van der Waals surface area (Å²) < 4.78 is 27.4. The van der Waals surface area contributed by atoms with Crippen molar-refractivity contribution in [2.24, 2.45) is 5.16 Å². The van der Waals surface area contributed by atoms with Gasteiger partial charge in [-0.2, -0.15) is 15.0 Å². The van der Waals surface area contributed by atoms with Gasteiger partial charge in [0.2, 0.25) is 23.6 Å². The minimum absolute atomic E-state index is 0.00683. The highest BCUT2D eigenvalue weighted by molar-refractivity contribution is 6.07. The maximum Gasteiger partial charge on any atom is 0.232 e. The lowest BCUT2D eigenvalue weighted by atomic mass is 10.3. The van der Waals surface area contributed by atoms with Crippen LogP contribution in [0.5, 0.6) is 0 Å². The summed E-state index contributed by atoms with van der Waals surface area (Å²) in [5, 5.41) is 6.68. The zero-order chi connectivity index (χ0) is 18.8. The molecular weight excluding hydrogens is 358 g/mol. The molecule has 27 heavy (non-hydrogen) atoms. The summed E-state index contributed by atoms with van der Waals surface area (Å²) in [6, 6.07) is 8.47. The van der Waals surface area contributed by atoms with E-state index in [2.05, 4.69) is 30.4 Å². The van der Waals surface area contributed by atoms with Gasteiger partial charge in [-0.3, -0.25) is 4.90 Å². The molecule has 1 aliphatic heterocycles. The Bertz CT molecular complexity index is 1030. The lowest BCUT2D eigenvalue weighted by Gasteiger charge is -2.16. The molecule has 9 nitrogen and oxygen atoms in total. The molecule has 0 bridgehead atoms. The summed E-state index contributed by atoms with van der Waals surface area (Å²) in [5.74, 6) is -0.849. The van der Waals surface area contributed by atoms with Crippen molar-refractivity contribution in [3.05, 3.63) is 60.1 Å². The lowest BCUT2D eigenvalue weighted by molar-refractivity contribution is 0.173. The summed E-state index contributed by atoms with van der Waals surface area (Å²) in [4.78, 5) is 22.6. The number of nitrogens with two attached hydrogens (primary N) is 1. The molecule has 0 saturated heterocycles. The molecule has 2 aromatic heterocycles. The first-order valence-corrected chi connectivity index (χ1v) is 7.73. The SMILES string of the molecule is Nc1nc(Nc2cccc(F)c2)nc(C2=NOCN2c2ncccc2F)n1. The van der Waals surface area contributed by atoms with E-state index in [4.69, 9.17) is 10.6 Å². The van der Waals surface area contributed by atoms with Gasteiger partial charge in [0.05, 0.1) is 0 Å². The van der Waals surface area contributed by atoms with Gasteiger partial charge in [-0.1, -0.05) is 11.2 Å². The van der Waals surface area contributed by atoms with Crippen molar-refractivity contribution >= 4 is 29.2 Å². The first-order valence-electron chi connectivity index (χ1n) is 7.73. The van der Waals surface area contributed by atoms with E-state index in [0.717, 1.165) is 0 Å². The molecule has 0 unspecified atom stereocenters. The van der Waals surface area contributed by atoms with Crippen LogP contribution in [0.4, 0.5) is 32.2 Å². The van der Waals surface area contributed by atoms with Crippen LogP contribution < -0.4 is 16.0 Å². The largest absolute Gasteiger partial charge is 0.371 e. The van der Waals surface area contributed by atoms with Crippen LogP contribution in [0.25, 0.3) is 0 Å². The second-order valence-corrected chi connectivity index (χ2v) is 5.39. The van der Waals surface area contributed by atoms with Gasteiger partial charge in [-0.15, -0.1) is 0 Å². The molecule has 3 N–H and O–H groups in total. The van der Waals surface area contributed by atoms with Gasteiger partial charge in [0.1, 0.15) is 5.82 Å². The number of hydrogen-bond donors (Lipinski definition) is 2. The van der Waals surface area contributed by atoms with Crippen LogP contribution in [0, 0.1) is 11.6 Å². The van der Waals surface area contributed by atoms with Gasteiger partial charge in [0.25, 0.3) is 0 Å². The van der Waals surface area contributed by atoms with Gasteiger partial charge in [-0.05, 0) is 30.3 Å². The van der Waals surface area contributed by atoms with Crippen molar-refractivity contribution in [3.63, 3.8) is 0 Å². The number of hydrogen-bond acceptors (Lipinski definition) is 9. The Morgan fingerprint density at radius 3 is 2.81 bits per heavy atom. The van der Waals surface area contributed by atoms with Crippen molar-refractivity contribution in [3.8, 4) is 0 Å². The van der Waals surface area contributed by atoms with Crippen LogP contribution in [-0.2, 0) is 4.84 Å². The molecule has 0 aliphatic carbocycles. The molecule has 1 aliphatic rings. The summed E-state index contributed by atoms with van der Waals surface area (Å²) in [6.45, 7) is -0.0679. The molecule has 11 heteroatoms. The normalized spacial score (nSPS) is 13.3. The third-order valence-corrected chi connectivity index (χ3v) is 3.52. The van der Waals surface area contributed by atoms with E-state index in [0.29, 0.717) is 5.69 Å². The predicted octanol–water partition coefficient (Wildman–Crippen LogP) is 2.03. The molecule has 4 rings (SSSR count). The zero-order valence-electron chi connectivity index (χ0n) is 13.7. The third kappa shape index (κ3) is 3.42. The van der Waals surface area contributed by atoms with Crippen molar-refractivity contribution in [2.75, 3.05) is 22.7 Å². The molecule has 0 spiro atoms. The van der Waals surface area contributed by atoms with Crippen molar-refractivity contribution in [2.45, 2.75) is 0 Å². The highest BCUT2D eigenvalue weighted by atomic mass is 19.1. The molecule has 0 fully saturated rings. The molecule has 0 radical (unpaired) electrons. The van der Waals surface area contributed by atoms with Crippen LogP contribution in [0.15, 0.2) is 47.8 Å². The van der Waals surface area contributed by atoms with E-state index in [1.165, 1.54) is 41.4 Å². The number of pyridine rings is 1. The van der Waals surface area contributed by atoms with E-state index in [-0.39, 0.29) is 36.1 Å². The fourth-order valence-corrected chi connectivity index (χ4v) is 2.40. The molecule has 1 aromatic carbocycles. The van der Waals surface area contributed by atoms with E-state index >= 15 is 0 Å². The monoisotopic (exact) mass is 370 g/mol. The molecular formula is C16H12F2N8O. The lowest BCUT2D eigenvalue weighted by Crippen LogP contribution is -2.31. The van der Waals surface area contributed by atoms with Crippen LogP contribution >= 0.6 is 0 Å². The Hall–Kier alpha value is -3.89. The fourth-order valence-electron chi connectivity index (χ4n) is 2.40. The van der Waals surface area contributed by atoms with Crippen molar-refractivity contribution < 1.29 is 13.6 Å². The smallest absolute Gasteiger partial charge is 0.232 e. The Kier molecular flexibility index (Phi) is 4.16. The third-order valence-electron chi connectivity index (χ3n) is 3.52. The number of halogens is 2. The van der Waals surface area contributed by atoms with Gasteiger partial charge in [0.15, 0.2) is 18.4 Å². The van der Waals surface area contributed by atoms with Gasteiger partial charge in [0, 0.05) is 11.9 Å². The van der Waals surface area contributed by atoms with Crippen LogP contribution in [0.3, 0.4) is 0 Å². The number of nitrogens with one attached hydrogen (secondary N) is 1. The Balaban J connectivity index is 1.67.